The molecule has 148 valence electrons. The smallest absolute Gasteiger partial charge is 0.276 e. The average molecular weight is 390 g/mol. The number of hydrogen-bond donors (Lipinski definition) is 1. The molecule has 2 aliphatic rings. The first-order valence-electron chi connectivity index (χ1n) is 9.95. The molecule has 1 fully saturated rings. The molecular weight excluding hydrogens is 368 g/mol. The zero-order valence-corrected chi connectivity index (χ0v) is 16.5. The molecule has 5 rings (SSSR count). The third kappa shape index (κ3) is 2.77. The molecule has 1 saturated carbocycles. The van der Waals surface area contributed by atoms with Crippen LogP contribution in [0.1, 0.15) is 47.9 Å². The highest BCUT2D eigenvalue weighted by atomic mass is 16.5. The minimum absolute atomic E-state index is 0.0563. The number of aromatic nitrogens is 4. The van der Waals surface area contributed by atoms with Crippen molar-refractivity contribution in [1.29, 1.82) is 5.26 Å². The van der Waals surface area contributed by atoms with Gasteiger partial charge in [-0.2, -0.15) is 10.4 Å². The first kappa shape index (κ1) is 17.7. The fourth-order valence-corrected chi connectivity index (χ4v) is 4.38. The molecule has 8 heteroatoms. The molecule has 1 spiro atoms. The van der Waals surface area contributed by atoms with E-state index in [2.05, 4.69) is 26.0 Å². The summed E-state index contributed by atoms with van der Waals surface area (Å²) in [4.78, 5) is 17.7. The molecule has 29 heavy (non-hydrogen) atoms. The number of amides is 1. The average Bonchev–Trinajstić information content (AvgIpc) is 3.16. The number of nitrogens with one attached hydrogen (secondary N) is 1. The van der Waals surface area contributed by atoms with E-state index in [0.717, 1.165) is 30.6 Å². The van der Waals surface area contributed by atoms with E-state index in [4.69, 9.17) is 4.74 Å². The Kier molecular flexibility index (Phi) is 3.88. The maximum atomic E-state index is 13.0. The number of rotatable bonds is 3. The number of carbonyl (C=O) groups is 1. The first-order chi connectivity index (χ1) is 14.0. The maximum Gasteiger partial charge on any atom is 0.276 e. The van der Waals surface area contributed by atoms with Crippen molar-refractivity contribution in [2.45, 2.75) is 46.2 Å². The number of anilines is 1. The summed E-state index contributed by atoms with van der Waals surface area (Å²) in [5.41, 5.74) is 3.35. The van der Waals surface area contributed by atoms with E-state index in [1.54, 1.807) is 22.9 Å². The van der Waals surface area contributed by atoms with Crippen LogP contribution >= 0.6 is 0 Å². The molecule has 1 aliphatic heterocycles. The summed E-state index contributed by atoms with van der Waals surface area (Å²) in [7, 11) is 0. The molecule has 0 radical (unpaired) electrons. The Labute approximate surface area is 168 Å². The second kappa shape index (κ2) is 6.34. The van der Waals surface area contributed by atoms with E-state index in [-0.39, 0.29) is 11.3 Å². The van der Waals surface area contributed by atoms with Gasteiger partial charge in [0, 0.05) is 24.6 Å². The highest BCUT2D eigenvalue weighted by Gasteiger charge is 2.41. The van der Waals surface area contributed by atoms with Gasteiger partial charge in [0.1, 0.15) is 17.0 Å². The molecule has 0 bridgehead atoms. The molecule has 2 aromatic heterocycles. The molecule has 8 nitrogen and oxygen atoms in total. The Hall–Kier alpha value is -3.34. The van der Waals surface area contributed by atoms with Crippen molar-refractivity contribution in [3.05, 3.63) is 35.2 Å². The molecule has 0 saturated heterocycles. The fourth-order valence-electron chi connectivity index (χ4n) is 4.38. The number of nitrogens with zero attached hydrogens (tertiary/aromatic N) is 5. The Balaban J connectivity index is 1.60. The molecular formula is C21H22N6O2. The number of aryl methyl sites for hydroxylation is 2. The zero-order chi connectivity index (χ0) is 20.2. The summed E-state index contributed by atoms with van der Waals surface area (Å²) in [6, 6.07) is 7.46. The van der Waals surface area contributed by atoms with Crippen molar-refractivity contribution in [3.8, 4) is 11.8 Å². The van der Waals surface area contributed by atoms with Gasteiger partial charge < -0.3 is 9.30 Å². The highest BCUT2D eigenvalue weighted by molar-refractivity contribution is 6.03. The monoisotopic (exact) mass is 390 g/mol. The lowest BCUT2D eigenvalue weighted by Crippen LogP contribution is -2.38. The number of nitriles is 1. The molecule has 0 atom stereocenters. The van der Waals surface area contributed by atoms with Gasteiger partial charge in [0.05, 0.1) is 29.5 Å². The van der Waals surface area contributed by atoms with Crippen LogP contribution in [-0.4, -0.2) is 31.8 Å². The SMILES string of the molecule is CCn1nc(C)cc1C(=O)Nc1nc2cc(C#N)cc3c2n1CC1(CCC1)CO3. The lowest BCUT2D eigenvalue weighted by molar-refractivity contribution is 0.0478. The molecule has 1 amide bonds. The standard InChI is InChI=1S/C21H22N6O2/c1-3-27-16(7-13(2)25-27)19(28)24-20-23-15-8-14(10-22)9-17-18(15)26(20)11-21(12-29-17)5-4-6-21/h7-9H,3-6,11-12H2,1-2H3,(H,23,24,28). The van der Waals surface area contributed by atoms with Gasteiger partial charge in [-0.15, -0.1) is 0 Å². The van der Waals surface area contributed by atoms with Crippen LogP contribution in [0.3, 0.4) is 0 Å². The van der Waals surface area contributed by atoms with Crippen LogP contribution in [0.4, 0.5) is 5.95 Å². The minimum Gasteiger partial charge on any atom is -0.491 e. The topological polar surface area (TPSA) is 97.8 Å². The molecule has 3 heterocycles. The number of hydrogen-bond acceptors (Lipinski definition) is 5. The van der Waals surface area contributed by atoms with E-state index in [9.17, 15) is 10.1 Å². The van der Waals surface area contributed by atoms with Gasteiger partial charge in [0.25, 0.3) is 5.91 Å². The predicted molar refractivity (Wildman–Crippen MR) is 107 cm³/mol. The summed E-state index contributed by atoms with van der Waals surface area (Å²) in [5, 5.41) is 16.7. The molecule has 3 aromatic rings. The van der Waals surface area contributed by atoms with Crippen LogP contribution < -0.4 is 10.1 Å². The van der Waals surface area contributed by atoms with Crippen molar-refractivity contribution < 1.29 is 9.53 Å². The van der Waals surface area contributed by atoms with Gasteiger partial charge in [0.2, 0.25) is 5.95 Å². The van der Waals surface area contributed by atoms with Crippen molar-refractivity contribution in [2.24, 2.45) is 5.41 Å². The number of carbonyl (C=O) groups excluding carboxylic acids is 1. The summed E-state index contributed by atoms with van der Waals surface area (Å²) >= 11 is 0. The van der Waals surface area contributed by atoms with Crippen LogP contribution in [0.2, 0.25) is 0 Å². The lowest BCUT2D eigenvalue weighted by Gasteiger charge is -2.40. The van der Waals surface area contributed by atoms with Crippen LogP contribution in [-0.2, 0) is 13.1 Å². The molecule has 1 N–H and O–H groups in total. The summed E-state index contributed by atoms with van der Waals surface area (Å²) in [5.74, 6) is 0.902. The summed E-state index contributed by atoms with van der Waals surface area (Å²) in [6.07, 6.45) is 3.35. The van der Waals surface area contributed by atoms with E-state index in [1.807, 2.05) is 13.8 Å². The van der Waals surface area contributed by atoms with Gasteiger partial charge in [-0.05, 0) is 38.8 Å². The normalized spacial score (nSPS) is 16.7. The van der Waals surface area contributed by atoms with Crippen molar-refractivity contribution in [3.63, 3.8) is 0 Å². The van der Waals surface area contributed by atoms with Crippen LogP contribution in [0.15, 0.2) is 18.2 Å². The van der Waals surface area contributed by atoms with Crippen molar-refractivity contribution in [2.75, 3.05) is 11.9 Å². The largest absolute Gasteiger partial charge is 0.491 e. The Morgan fingerprint density at radius 1 is 1.38 bits per heavy atom. The van der Waals surface area contributed by atoms with E-state index in [0.29, 0.717) is 41.6 Å². The van der Waals surface area contributed by atoms with Crippen molar-refractivity contribution in [1.82, 2.24) is 19.3 Å². The lowest BCUT2D eigenvalue weighted by atomic mass is 9.69. The van der Waals surface area contributed by atoms with Gasteiger partial charge in [-0.25, -0.2) is 4.98 Å². The number of benzene rings is 1. The minimum atomic E-state index is -0.242. The van der Waals surface area contributed by atoms with Crippen molar-refractivity contribution >= 4 is 22.9 Å². The van der Waals surface area contributed by atoms with Gasteiger partial charge in [-0.3, -0.25) is 14.8 Å². The molecule has 1 aliphatic carbocycles. The number of imidazole rings is 1. The van der Waals surface area contributed by atoms with Gasteiger partial charge in [0.15, 0.2) is 0 Å². The van der Waals surface area contributed by atoms with E-state index >= 15 is 0 Å². The molecule has 1 aromatic carbocycles. The maximum absolute atomic E-state index is 13.0. The van der Waals surface area contributed by atoms with Gasteiger partial charge >= 0.3 is 0 Å². The van der Waals surface area contributed by atoms with E-state index < -0.39 is 0 Å². The van der Waals surface area contributed by atoms with E-state index in [1.165, 1.54) is 6.42 Å². The van der Waals surface area contributed by atoms with Gasteiger partial charge in [-0.1, -0.05) is 6.42 Å². The van der Waals surface area contributed by atoms with Crippen LogP contribution in [0.25, 0.3) is 11.0 Å². The number of ether oxygens (including phenoxy) is 1. The quantitative estimate of drug-likeness (QED) is 0.740. The summed E-state index contributed by atoms with van der Waals surface area (Å²) in [6.45, 7) is 5.79. The second-order valence-electron chi connectivity index (χ2n) is 8.06. The third-order valence-electron chi connectivity index (χ3n) is 6.04. The zero-order valence-electron chi connectivity index (χ0n) is 16.5. The van der Waals surface area contributed by atoms with Crippen LogP contribution in [0.5, 0.6) is 5.75 Å². The Morgan fingerprint density at radius 3 is 2.90 bits per heavy atom. The third-order valence-corrected chi connectivity index (χ3v) is 6.04. The highest BCUT2D eigenvalue weighted by Crippen LogP contribution is 2.47. The second-order valence-corrected chi connectivity index (χ2v) is 8.06. The molecule has 0 unspecified atom stereocenters. The Morgan fingerprint density at radius 2 is 2.21 bits per heavy atom. The fraction of sp³-hybridized carbons (Fsp3) is 0.429. The summed E-state index contributed by atoms with van der Waals surface area (Å²) < 4.78 is 9.86. The Bertz CT molecular complexity index is 1180. The predicted octanol–water partition coefficient (Wildman–Crippen LogP) is 3.25. The van der Waals surface area contributed by atoms with Crippen LogP contribution in [0, 0.1) is 23.7 Å². The first-order valence-corrected chi connectivity index (χ1v) is 9.95.